The zero-order valence-electron chi connectivity index (χ0n) is 17.2. The molecule has 1 aliphatic heterocycles. The standard InChI is InChI=1S/C22H25N5O2S/c1-13(2)17-12-19(28)27-22(24-17)30-20(25-27)18-8-5-11-26(18)21(29)23-16-10-9-14-6-3-4-7-15(14)16/h3-4,6-7,12-13,16,18H,5,8-11H2,1-2H3,(H,23,29)/t16-,18-/m1/s1. The predicted octanol–water partition coefficient (Wildman–Crippen LogP) is 3.81. The quantitative estimate of drug-likeness (QED) is 0.695. The van der Waals surface area contributed by atoms with E-state index in [1.54, 1.807) is 6.07 Å². The number of aromatic nitrogens is 3. The third-order valence-electron chi connectivity index (χ3n) is 6.10. The molecule has 1 saturated heterocycles. The molecule has 7 nitrogen and oxygen atoms in total. The number of hydrogen-bond acceptors (Lipinski definition) is 5. The maximum absolute atomic E-state index is 13.1. The van der Waals surface area contributed by atoms with Crippen LogP contribution in [0, 0.1) is 0 Å². The summed E-state index contributed by atoms with van der Waals surface area (Å²) < 4.78 is 1.37. The Morgan fingerprint density at radius 3 is 2.93 bits per heavy atom. The number of urea groups is 1. The van der Waals surface area contributed by atoms with Crippen molar-refractivity contribution in [1.82, 2.24) is 24.8 Å². The Hall–Kier alpha value is -2.74. The Kier molecular flexibility index (Phi) is 4.81. The molecule has 2 amide bonds. The lowest BCUT2D eigenvalue weighted by Crippen LogP contribution is -2.40. The van der Waals surface area contributed by atoms with Gasteiger partial charge in [-0.1, -0.05) is 49.4 Å². The average Bonchev–Trinajstić information content (AvgIpc) is 3.45. The largest absolute Gasteiger partial charge is 0.331 e. The molecule has 3 aromatic rings. The van der Waals surface area contributed by atoms with Crippen LogP contribution in [0.25, 0.3) is 4.96 Å². The van der Waals surface area contributed by atoms with Gasteiger partial charge in [0.2, 0.25) is 4.96 Å². The van der Waals surface area contributed by atoms with Gasteiger partial charge in [0.25, 0.3) is 5.56 Å². The van der Waals surface area contributed by atoms with Crippen molar-refractivity contribution in [3.8, 4) is 0 Å². The molecule has 3 heterocycles. The number of fused-ring (bicyclic) bond motifs is 2. The highest BCUT2D eigenvalue weighted by Gasteiger charge is 2.35. The molecule has 1 aromatic carbocycles. The van der Waals surface area contributed by atoms with E-state index in [0.29, 0.717) is 11.5 Å². The van der Waals surface area contributed by atoms with Crippen molar-refractivity contribution in [2.45, 2.75) is 57.5 Å². The molecule has 156 valence electrons. The molecule has 0 bridgehead atoms. The van der Waals surface area contributed by atoms with Gasteiger partial charge in [-0.05, 0) is 42.7 Å². The number of nitrogens with one attached hydrogen (secondary N) is 1. The number of aryl methyl sites for hydroxylation is 1. The summed E-state index contributed by atoms with van der Waals surface area (Å²) in [5, 5.41) is 8.54. The molecule has 2 atom stereocenters. The number of nitrogens with zero attached hydrogens (tertiary/aromatic N) is 4. The van der Waals surface area contributed by atoms with Crippen molar-refractivity contribution in [1.29, 1.82) is 0 Å². The highest BCUT2D eigenvalue weighted by molar-refractivity contribution is 7.16. The predicted molar refractivity (Wildman–Crippen MR) is 116 cm³/mol. The first-order valence-electron chi connectivity index (χ1n) is 10.6. The minimum absolute atomic E-state index is 0.0540. The molecule has 30 heavy (non-hydrogen) atoms. The number of hydrogen-bond donors (Lipinski definition) is 1. The fourth-order valence-corrected chi connectivity index (χ4v) is 5.54. The normalized spacial score (nSPS) is 20.8. The van der Waals surface area contributed by atoms with E-state index in [9.17, 15) is 9.59 Å². The lowest BCUT2D eigenvalue weighted by molar-refractivity contribution is 0.188. The summed E-state index contributed by atoms with van der Waals surface area (Å²) >= 11 is 1.41. The van der Waals surface area contributed by atoms with Crippen molar-refractivity contribution in [2.24, 2.45) is 0 Å². The monoisotopic (exact) mass is 423 g/mol. The first kappa shape index (κ1) is 19.2. The van der Waals surface area contributed by atoms with E-state index in [1.807, 2.05) is 30.9 Å². The van der Waals surface area contributed by atoms with E-state index in [4.69, 9.17) is 0 Å². The highest BCUT2D eigenvalue weighted by Crippen LogP contribution is 2.36. The van der Waals surface area contributed by atoms with E-state index in [2.05, 4.69) is 27.5 Å². The van der Waals surface area contributed by atoms with Gasteiger partial charge in [0.15, 0.2) is 0 Å². The summed E-state index contributed by atoms with van der Waals surface area (Å²) in [6.45, 7) is 4.73. The molecule has 5 rings (SSSR count). The van der Waals surface area contributed by atoms with Crippen LogP contribution in [0.2, 0.25) is 0 Å². The Morgan fingerprint density at radius 2 is 2.10 bits per heavy atom. The zero-order chi connectivity index (χ0) is 20.8. The first-order chi connectivity index (χ1) is 14.5. The molecular formula is C22H25N5O2S. The van der Waals surface area contributed by atoms with Gasteiger partial charge in [0, 0.05) is 12.6 Å². The maximum atomic E-state index is 13.1. The van der Waals surface area contributed by atoms with Gasteiger partial charge in [0.05, 0.1) is 17.8 Å². The number of carbonyl (C=O) groups is 1. The molecule has 2 aliphatic rings. The molecule has 0 spiro atoms. The van der Waals surface area contributed by atoms with Gasteiger partial charge in [-0.15, -0.1) is 0 Å². The maximum Gasteiger partial charge on any atom is 0.318 e. The van der Waals surface area contributed by atoms with E-state index >= 15 is 0 Å². The Morgan fingerprint density at radius 1 is 1.27 bits per heavy atom. The molecule has 2 aromatic heterocycles. The van der Waals surface area contributed by atoms with Crippen LogP contribution in [0.15, 0.2) is 35.1 Å². The lowest BCUT2D eigenvalue weighted by atomic mass is 10.1. The van der Waals surface area contributed by atoms with Gasteiger partial charge >= 0.3 is 6.03 Å². The minimum atomic E-state index is -0.164. The van der Waals surface area contributed by atoms with Gasteiger partial charge in [-0.25, -0.2) is 9.78 Å². The number of benzene rings is 1. The van der Waals surface area contributed by atoms with Crippen molar-refractivity contribution >= 4 is 22.3 Å². The van der Waals surface area contributed by atoms with Crippen LogP contribution >= 0.6 is 11.3 Å². The molecule has 1 fully saturated rings. The second kappa shape index (κ2) is 7.50. The van der Waals surface area contributed by atoms with Gasteiger partial charge in [-0.2, -0.15) is 9.61 Å². The Balaban J connectivity index is 1.39. The van der Waals surface area contributed by atoms with Crippen molar-refractivity contribution < 1.29 is 4.79 Å². The Labute approximate surface area is 178 Å². The van der Waals surface area contributed by atoms with Gasteiger partial charge in [0.1, 0.15) is 5.01 Å². The van der Waals surface area contributed by atoms with Crippen molar-refractivity contribution in [3.05, 3.63) is 62.5 Å². The average molecular weight is 424 g/mol. The minimum Gasteiger partial charge on any atom is -0.331 e. The summed E-state index contributed by atoms with van der Waals surface area (Å²) in [4.78, 5) is 32.7. The topological polar surface area (TPSA) is 79.6 Å². The van der Waals surface area contributed by atoms with Crippen LogP contribution in [0.3, 0.4) is 0 Å². The summed E-state index contributed by atoms with van der Waals surface area (Å²) in [7, 11) is 0. The number of likely N-dealkylation sites (tertiary alicyclic amines) is 1. The molecule has 0 radical (unpaired) electrons. The van der Waals surface area contributed by atoms with E-state index in [1.165, 1.54) is 27.0 Å². The van der Waals surface area contributed by atoms with E-state index < -0.39 is 0 Å². The van der Waals surface area contributed by atoms with Crippen molar-refractivity contribution in [2.75, 3.05) is 6.54 Å². The van der Waals surface area contributed by atoms with Crippen LogP contribution in [-0.4, -0.2) is 32.1 Å². The third kappa shape index (κ3) is 3.29. The molecule has 1 N–H and O–H groups in total. The summed E-state index contributed by atoms with van der Waals surface area (Å²) in [5.74, 6) is 0.177. The third-order valence-corrected chi connectivity index (χ3v) is 7.11. The molecule has 0 saturated carbocycles. The van der Waals surface area contributed by atoms with E-state index in [0.717, 1.165) is 36.4 Å². The summed E-state index contributed by atoms with van der Waals surface area (Å²) in [6.07, 6.45) is 3.70. The molecule has 8 heteroatoms. The highest BCUT2D eigenvalue weighted by atomic mass is 32.1. The van der Waals surface area contributed by atoms with Crippen LogP contribution in [0.5, 0.6) is 0 Å². The number of carbonyl (C=O) groups excluding carboxylic acids is 1. The van der Waals surface area contributed by atoms with E-state index in [-0.39, 0.29) is 29.6 Å². The van der Waals surface area contributed by atoms with Crippen molar-refractivity contribution in [3.63, 3.8) is 0 Å². The van der Waals surface area contributed by atoms with Gasteiger partial charge < -0.3 is 10.2 Å². The smallest absolute Gasteiger partial charge is 0.318 e. The summed E-state index contributed by atoms with van der Waals surface area (Å²) in [6, 6.07) is 9.76. The SMILES string of the molecule is CC(C)c1cc(=O)n2nc([C@H]3CCCN3C(=O)N[C@@H]3CCc4ccccc43)sc2n1. The van der Waals surface area contributed by atoms with Gasteiger partial charge in [-0.3, -0.25) is 4.79 Å². The molecular weight excluding hydrogens is 398 g/mol. The fraction of sp³-hybridized carbons (Fsp3) is 0.455. The lowest BCUT2D eigenvalue weighted by Gasteiger charge is -2.25. The van der Waals surface area contributed by atoms with Crippen LogP contribution < -0.4 is 10.9 Å². The molecule has 0 unspecified atom stereocenters. The number of rotatable bonds is 3. The van der Waals surface area contributed by atoms with Crippen LogP contribution in [0.1, 0.15) is 72.9 Å². The second-order valence-corrected chi connectivity index (χ2v) is 9.39. The fourth-order valence-electron chi connectivity index (χ4n) is 4.48. The van der Waals surface area contributed by atoms with Crippen LogP contribution in [0.4, 0.5) is 4.79 Å². The summed E-state index contributed by atoms with van der Waals surface area (Å²) in [5.41, 5.74) is 3.15. The second-order valence-electron chi connectivity index (χ2n) is 8.40. The molecule has 1 aliphatic carbocycles. The Bertz CT molecular complexity index is 1170. The zero-order valence-corrected chi connectivity index (χ0v) is 18.0. The van der Waals surface area contributed by atoms with Crippen LogP contribution in [-0.2, 0) is 6.42 Å². The number of amides is 2. The first-order valence-corrected chi connectivity index (χ1v) is 11.4.